The van der Waals surface area contributed by atoms with Gasteiger partial charge in [0.2, 0.25) is 0 Å². The number of carbonyl (C=O) groups is 2. The Labute approximate surface area is 129 Å². The van der Waals surface area contributed by atoms with E-state index in [0.717, 1.165) is 31.4 Å². The van der Waals surface area contributed by atoms with Crippen LogP contribution in [0.1, 0.15) is 39.0 Å². The number of hydrogen-bond acceptors (Lipinski definition) is 4. The maximum absolute atomic E-state index is 11.8. The molecule has 0 aliphatic heterocycles. The molecule has 1 fully saturated rings. The summed E-state index contributed by atoms with van der Waals surface area (Å²) in [7, 11) is 0. The number of amides is 2. The molecule has 0 heterocycles. The van der Waals surface area contributed by atoms with Gasteiger partial charge in [-0.1, -0.05) is 6.42 Å². The third kappa shape index (κ3) is 4.87. The molecule has 0 aromatic heterocycles. The predicted molar refractivity (Wildman–Crippen MR) is 84.9 cm³/mol. The van der Waals surface area contributed by atoms with Crippen molar-refractivity contribution in [2.75, 3.05) is 11.9 Å². The molecule has 0 spiro atoms. The lowest BCUT2D eigenvalue weighted by Crippen LogP contribution is -2.33. The molecule has 2 N–H and O–H groups in total. The third-order valence-electron chi connectivity index (χ3n) is 3.38. The topological polar surface area (TPSA) is 79.8 Å². The second-order valence-electron chi connectivity index (χ2n) is 5.09. The number of benzene rings is 1. The third-order valence-corrected chi connectivity index (χ3v) is 3.38. The van der Waals surface area contributed by atoms with Gasteiger partial charge in [0, 0.05) is 11.4 Å². The van der Waals surface area contributed by atoms with E-state index in [4.69, 9.17) is 4.74 Å². The Hall–Kier alpha value is -2.37. The van der Waals surface area contributed by atoms with Gasteiger partial charge in [0.15, 0.2) is 0 Å². The number of carbonyl (C=O) groups excluding carboxylic acids is 2. The monoisotopic (exact) mass is 303 g/mol. The van der Waals surface area contributed by atoms with Crippen molar-refractivity contribution >= 4 is 23.2 Å². The smallest absolute Gasteiger partial charge is 0.329 e. The van der Waals surface area contributed by atoms with Crippen LogP contribution in [0.5, 0.6) is 5.75 Å². The highest BCUT2D eigenvalue weighted by molar-refractivity contribution is 6.39. The van der Waals surface area contributed by atoms with Crippen molar-refractivity contribution in [2.24, 2.45) is 5.10 Å². The van der Waals surface area contributed by atoms with E-state index in [0.29, 0.717) is 18.0 Å². The number of ether oxygens (including phenoxy) is 1. The summed E-state index contributed by atoms with van der Waals surface area (Å²) in [5.74, 6) is -0.773. The lowest BCUT2D eigenvalue weighted by Gasteiger charge is -2.12. The normalized spacial score (nSPS) is 14.1. The molecule has 118 valence electrons. The number of hydrogen-bond donors (Lipinski definition) is 2. The van der Waals surface area contributed by atoms with E-state index >= 15 is 0 Å². The van der Waals surface area contributed by atoms with Crippen molar-refractivity contribution in [2.45, 2.75) is 39.0 Å². The molecule has 0 bridgehead atoms. The van der Waals surface area contributed by atoms with E-state index in [2.05, 4.69) is 15.8 Å². The van der Waals surface area contributed by atoms with Gasteiger partial charge in [-0.3, -0.25) is 9.59 Å². The summed E-state index contributed by atoms with van der Waals surface area (Å²) in [5, 5.41) is 6.54. The first-order valence-electron chi connectivity index (χ1n) is 7.58. The van der Waals surface area contributed by atoms with Crippen LogP contribution in [-0.2, 0) is 9.59 Å². The van der Waals surface area contributed by atoms with E-state index in [9.17, 15) is 9.59 Å². The fraction of sp³-hybridized carbons (Fsp3) is 0.438. The number of anilines is 1. The molecule has 0 saturated heterocycles. The Balaban J connectivity index is 1.84. The number of nitrogens with one attached hydrogen (secondary N) is 2. The van der Waals surface area contributed by atoms with E-state index in [1.54, 1.807) is 24.3 Å². The Morgan fingerprint density at radius 3 is 2.41 bits per heavy atom. The van der Waals surface area contributed by atoms with Crippen molar-refractivity contribution in [1.82, 2.24) is 5.43 Å². The van der Waals surface area contributed by atoms with Crippen LogP contribution in [0, 0.1) is 0 Å². The van der Waals surface area contributed by atoms with E-state index in [-0.39, 0.29) is 0 Å². The molecule has 6 nitrogen and oxygen atoms in total. The SMILES string of the molecule is CCOc1ccc(NC(=O)C(=O)NN=C2CCCCC2)cc1. The standard InChI is InChI=1S/C16H21N3O3/c1-2-22-14-10-8-12(9-11-14)17-15(20)16(21)19-18-13-6-4-3-5-7-13/h8-11H,2-7H2,1H3,(H,17,20)(H,19,21). The summed E-state index contributed by atoms with van der Waals surface area (Å²) in [6.45, 7) is 2.47. The van der Waals surface area contributed by atoms with Gasteiger partial charge in [0.25, 0.3) is 0 Å². The van der Waals surface area contributed by atoms with Gasteiger partial charge in [0.1, 0.15) is 5.75 Å². The van der Waals surface area contributed by atoms with Crippen LogP contribution in [0.2, 0.25) is 0 Å². The molecule has 1 aromatic carbocycles. The summed E-state index contributed by atoms with van der Waals surface area (Å²) in [6, 6.07) is 6.84. The van der Waals surface area contributed by atoms with Crippen molar-refractivity contribution in [3.8, 4) is 5.75 Å². The quantitative estimate of drug-likeness (QED) is 0.662. The highest BCUT2D eigenvalue weighted by Crippen LogP contribution is 2.16. The molecule has 2 rings (SSSR count). The zero-order valence-electron chi connectivity index (χ0n) is 12.7. The van der Waals surface area contributed by atoms with Crippen LogP contribution in [-0.4, -0.2) is 24.1 Å². The van der Waals surface area contributed by atoms with Crippen molar-refractivity contribution < 1.29 is 14.3 Å². The van der Waals surface area contributed by atoms with Crippen molar-refractivity contribution in [1.29, 1.82) is 0 Å². The minimum atomic E-state index is -0.757. The van der Waals surface area contributed by atoms with E-state index in [1.807, 2.05) is 6.92 Å². The highest BCUT2D eigenvalue weighted by Gasteiger charge is 2.14. The predicted octanol–water partition coefficient (Wildman–Crippen LogP) is 2.46. The Morgan fingerprint density at radius 2 is 1.77 bits per heavy atom. The first kappa shape index (κ1) is 16.0. The number of nitrogens with zero attached hydrogens (tertiary/aromatic N) is 1. The Morgan fingerprint density at radius 1 is 1.09 bits per heavy atom. The second kappa shape index (κ2) is 8.17. The van der Waals surface area contributed by atoms with Crippen molar-refractivity contribution in [3.63, 3.8) is 0 Å². The minimum absolute atomic E-state index is 0.536. The largest absolute Gasteiger partial charge is 0.494 e. The minimum Gasteiger partial charge on any atom is -0.494 e. The summed E-state index contributed by atoms with van der Waals surface area (Å²) in [4.78, 5) is 23.5. The maximum Gasteiger partial charge on any atom is 0.329 e. The lowest BCUT2D eigenvalue weighted by molar-refractivity contribution is -0.136. The molecule has 1 aromatic rings. The molecule has 1 aliphatic rings. The zero-order chi connectivity index (χ0) is 15.8. The average Bonchev–Trinajstić information content (AvgIpc) is 2.55. The summed E-state index contributed by atoms with van der Waals surface area (Å²) >= 11 is 0. The highest BCUT2D eigenvalue weighted by atomic mass is 16.5. The molecule has 0 atom stereocenters. The maximum atomic E-state index is 11.8. The molecule has 6 heteroatoms. The van der Waals surface area contributed by atoms with Crippen LogP contribution in [0.4, 0.5) is 5.69 Å². The fourth-order valence-electron chi connectivity index (χ4n) is 2.24. The number of hydrazone groups is 1. The Kier molecular flexibility index (Phi) is 5.94. The van der Waals surface area contributed by atoms with Gasteiger partial charge in [-0.15, -0.1) is 0 Å². The molecule has 1 aliphatic carbocycles. The van der Waals surface area contributed by atoms with Gasteiger partial charge < -0.3 is 10.1 Å². The lowest BCUT2D eigenvalue weighted by atomic mass is 9.99. The average molecular weight is 303 g/mol. The van der Waals surface area contributed by atoms with Crippen LogP contribution < -0.4 is 15.5 Å². The Bertz CT molecular complexity index is 544. The zero-order valence-corrected chi connectivity index (χ0v) is 12.7. The first-order valence-corrected chi connectivity index (χ1v) is 7.58. The molecular formula is C16H21N3O3. The summed E-state index contributed by atoms with van der Waals surface area (Å²) in [6.07, 6.45) is 5.16. The van der Waals surface area contributed by atoms with Crippen LogP contribution in [0.25, 0.3) is 0 Å². The fourth-order valence-corrected chi connectivity index (χ4v) is 2.24. The van der Waals surface area contributed by atoms with Crippen molar-refractivity contribution in [3.05, 3.63) is 24.3 Å². The van der Waals surface area contributed by atoms with Crippen LogP contribution in [0.15, 0.2) is 29.4 Å². The summed E-state index contributed by atoms with van der Waals surface area (Å²) in [5.41, 5.74) is 3.80. The molecule has 1 saturated carbocycles. The molecule has 0 unspecified atom stereocenters. The van der Waals surface area contributed by atoms with E-state index < -0.39 is 11.8 Å². The van der Waals surface area contributed by atoms with Crippen LogP contribution >= 0.6 is 0 Å². The van der Waals surface area contributed by atoms with Gasteiger partial charge in [-0.05, 0) is 56.9 Å². The summed E-state index contributed by atoms with van der Waals surface area (Å²) < 4.78 is 5.31. The second-order valence-corrected chi connectivity index (χ2v) is 5.09. The van der Waals surface area contributed by atoms with Gasteiger partial charge in [-0.25, -0.2) is 5.43 Å². The van der Waals surface area contributed by atoms with Gasteiger partial charge in [0.05, 0.1) is 6.61 Å². The first-order chi connectivity index (χ1) is 10.7. The van der Waals surface area contributed by atoms with Gasteiger partial charge >= 0.3 is 11.8 Å². The molecule has 0 radical (unpaired) electrons. The van der Waals surface area contributed by atoms with Crippen LogP contribution in [0.3, 0.4) is 0 Å². The van der Waals surface area contributed by atoms with E-state index in [1.165, 1.54) is 6.42 Å². The number of rotatable bonds is 4. The molecule has 2 amide bonds. The van der Waals surface area contributed by atoms with Gasteiger partial charge in [-0.2, -0.15) is 5.10 Å². The molecular weight excluding hydrogens is 282 g/mol. The molecule has 22 heavy (non-hydrogen) atoms.